The predicted octanol–water partition coefficient (Wildman–Crippen LogP) is 3.66. The van der Waals surface area contributed by atoms with Crippen molar-refractivity contribution >= 4 is 22.8 Å². The number of aliphatic imine (C=N–C) groups is 2. The summed E-state index contributed by atoms with van der Waals surface area (Å²) in [5, 5.41) is 3.79. The Morgan fingerprint density at radius 2 is 1.80 bits per heavy atom. The SMILES string of the molecule is C=C1C(NC2CCOCC2)=C(CC)N=C2C(N)=NC=C(c3ccc(N4CCC(N5CCN(C)CC5)CC4)c(OCCOC)c3)C12. The summed E-state index contributed by atoms with van der Waals surface area (Å²) in [6.45, 7) is 16.0. The van der Waals surface area contributed by atoms with Gasteiger partial charge in [0, 0.05) is 77.9 Å². The van der Waals surface area contributed by atoms with Crippen molar-refractivity contribution in [3.8, 4) is 5.75 Å². The van der Waals surface area contributed by atoms with E-state index in [9.17, 15) is 0 Å². The van der Waals surface area contributed by atoms with Gasteiger partial charge in [0.25, 0.3) is 0 Å². The van der Waals surface area contributed by atoms with Crippen LogP contribution in [0, 0.1) is 5.92 Å². The van der Waals surface area contributed by atoms with Crippen LogP contribution in [0.2, 0.25) is 0 Å². The van der Waals surface area contributed by atoms with Crippen LogP contribution in [0.3, 0.4) is 0 Å². The van der Waals surface area contributed by atoms with Crippen LogP contribution in [-0.2, 0) is 9.47 Å². The van der Waals surface area contributed by atoms with Crippen molar-refractivity contribution in [3.63, 3.8) is 0 Å². The molecule has 3 N–H and O–H groups in total. The van der Waals surface area contributed by atoms with Crippen molar-refractivity contribution in [1.29, 1.82) is 0 Å². The summed E-state index contributed by atoms with van der Waals surface area (Å²) in [6, 6.07) is 7.57. The van der Waals surface area contributed by atoms with Gasteiger partial charge in [-0.25, -0.2) is 4.99 Å². The zero-order chi connectivity index (χ0) is 31.3. The minimum Gasteiger partial charge on any atom is -0.489 e. The number of anilines is 1. The Labute approximate surface area is 268 Å². The Hall–Kier alpha value is -3.18. The second-order valence-electron chi connectivity index (χ2n) is 12.8. The first-order valence-corrected chi connectivity index (χ1v) is 16.8. The van der Waals surface area contributed by atoms with Crippen molar-refractivity contribution < 1.29 is 14.2 Å². The molecule has 3 saturated heterocycles. The van der Waals surface area contributed by atoms with Crippen molar-refractivity contribution in [2.45, 2.75) is 51.1 Å². The van der Waals surface area contributed by atoms with Crippen LogP contribution in [0.25, 0.3) is 5.57 Å². The van der Waals surface area contributed by atoms with E-state index in [-0.39, 0.29) is 5.92 Å². The lowest BCUT2D eigenvalue weighted by Crippen LogP contribution is -2.52. The standard InChI is InChI=1S/C35H51N7O3/c1-5-29-33(38-26-10-18-44-19-11-26)24(2)32-28(23-37-35(36)34(32)39-29)25-6-7-30(31(22-25)45-21-20-43-4)42-12-8-27(9-13-42)41-16-14-40(3)15-17-41/h6-7,22-23,26-27,32,38H,2,5,8-21H2,1,3-4H3,(H2,36,37). The highest BCUT2D eigenvalue weighted by molar-refractivity contribution is 6.45. The van der Waals surface area contributed by atoms with E-state index in [0.717, 1.165) is 104 Å². The van der Waals surface area contributed by atoms with Crippen molar-refractivity contribution in [2.24, 2.45) is 21.6 Å². The first kappa shape index (κ1) is 31.8. The van der Waals surface area contributed by atoms with Crippen LogP contribution in [0.1, 0.15) is 44.6 Å². The fourth-order valence-corrected chi connectivity index (χ4v) is 7.26. The normalized spacial score (nSPS) is 24.2. The molecular formula is C35H51N7O3. The van der Waals surface area contributed by atoms with E-state index in [2.05, 4.69) is 63.8 Å². The van der Waals surface area contributed by atoms with Crippen LogP contribution in [0.4, 0.5) is 5.69 Å². The summed E-state index contributed by atoms with van der Waals surface area (Å²) < 4.78 is 17.3. The van der Waals surface area contributed by atoms with Gasteiger partial charge in [0.05, 0.1) is 35.3 Å². The maximum Gasteiger partial charge on any atom is 0.146 e. The molecule has 3 fully saturated rings. The molecule has 5 heterocycles. The molecule has 0 spiro atoms. The van der Waals surface area contributed by atoms with Gasteiger partial charge in [-0.05, 0) is 68.0 Å². The first-order valence-electron chi connectivity index (χ1n) is 16.8. The molecule has 0 aromatic heterocycles. The van der Waals surface area contributed by atoms with E-state index < -0.39 is 0 Å². The van der Waals surface area contributed by atoms with Crippen molar-refractivity contribution in [3.05, 3.63) is 53.5 Å². The minimum absolute atomic E-state index is 0.183. The molecule has 1 aromatic carbocycles. The van der Waals surface area contributed by atoms with Gasteiger partial charge in [-0.2, -0.15) is 0 Å². The van der Waals surface area contributed by atoms with Crippen LogP contribution in [-0.4, -0.2) is 113 Å². The molecule has 0 radical (unpaired) electrons. The topological polar surface area (TPSA) is 100 Å². The van der Waals surface area contributed by atoms with Crippen LogP contribution in [0.5, 0.6) is 5.75 Å². The zero-order valence-electron chi connectivity index (χ0n) is 27.4. The molecule has 0 amide bonds. The van der Waals surface area contributed by atoms with E-state index in [1.165, 1.54) is 25.9 Å². The molecule has 0 aliphatic carbocycles. The number of amidine groups is 1. The maximum atomic E-state index is 6.47. The third-order valence-corrected chi connectivity index (χ3v) is 10.0. The van der Waals surface area contributed by atoms with Crippen LogP contribution >= 0.6 is 0 Å². The van der Waals surface area contributed by atoms with Crippen molar-refractivity contribution in [1.82, 2.24) is 15.1 Å². The highest BCUT2D eigenvalue weighted by Gasteiger charge is 2.37. The fraction of sp³-hybridized carbons (Fsp3) is 0.600. The summed E-state index contributed by atoms with van der Waals surface area (Å²) in [5.41, 5.74) is 13.5. The summed E-state index contributed by atoms with van der Waals surface area (Å²) >= 11 is 0. The number of fused-ring (bicyclic) bond motifs is 1. The molecule has 5 aliphatic rings. The van der Waals surface area contributed by atoms with Crippen LogP contribution in [0.15, 0.2) is 57.9 Å². The molecule has 244 valence electrons. The van der Waals surface area contributed by atoms with Gasteiger partial charge in [-0.3, -0.25) is 9.89 Å². The van der Waals surface area contributed by atoms with E-state index in [1.54, 1.807) is 7.11 Å². The average Bonchev–Trinajstić information content (AvgIpc) is 3.07. The summed E-state index contributed by atoms with van der Waals surface area (Å²) in [7, 11) is 3.93. The van der Waals surface area contributed by atoms with E-state index in [0.29, 0.717) is 31.1 Å². The number of methoxy groups -OCH3 is 1. The summed E-state index contributed by atoms with van der Waals surface area (Å²) in [5.74, 6) is 1.14. The lowest BCUT2D eigenvalue weighted by Gasteiger charge is -2.42. The molecule has 0 bridgehead atoms. The van der Waals surface area contributed by atoms with Gasteiger partial charge in [0.15, 0.2) is 0 Å². The molecule has 1 atom stereocenters. The lowest BCUT2D eigenvalue weighted by molar-refractivity contribution is 0.0804. The van der Waals surface area contributed by atoms with E-state index >= 15 is 0 Å². The molecule has 6 rings (SSSR count). The average molecular weight is 618 g/mol. The second kappa shape index (κ2) is 14.5. The Balaban J connectivity index is 1.25. The fourth-order valence-electron chi connectivity index (χ4n) is 7.26. The number of hydrogen-bond acceptors (Lipinski definition) is 10. The maximum absolute atomic E-state index is 6.47. The number of likely N-dealkylation sites (N-methyl/N-ethyl adjacent to an activating group) is 1. The van der Waals surface area contributed by atoms with Gasteiger partial charge >= 0.3 is 0 Å². The first-order chi connectivity index (χ1) is 22.0. The zero-order valence-corrected chi connectivity index (χ0v) is 27.4. The minimum atomic E-state index is -0.183. The van der Waals surface area contributed by atoms with Gasteiger partial charge in [-0.1, -0.05) is 19.6 Å². The Bertz CT molecular complexity index is 1350. The van der Waals surface area contributed by atoms with E-state index in [4.69, 9.17) is 24.9 Å². The molecule has 0 saturated carbocycles. The predicted molar refractivity (Wildman–Crippen MR) is 182 cm³/mol. The van der Waals surface area contributed by atoms with Gasteiger partial charge in [-0.15, -0.1) is 0 Å². The number of nitrogens with zero attached hydrogens (tertiary/aromatic N) is 5. The monoisotopic (exact) mass is 617 g/mol. The Kier molecular flexibility index (Phi) is 10.2. The molecule has 5 aliphatic heterocycles. The quantitative estimate of drug-likeness (QED) is 0.384. The largest absolute Gasteiger partial charge is 0.489 e. The van der Waals surface area contributed by atoms with Crippen LogP contribution < -0.4 is 20.7 Å². The lowest BCUT2D eigenvalue weighted by atomic mass is 9.78. The molecule has 10 nitrogen and oxygen atoms in total. The molecular weight excluding hydrogens is 566 g/mol. The number of nitrogens with one attached hydrogen (secondary N) is 1. The smallest absolute Gasteiger partial charge is 0.146 e. The number of allylic oxidation sites excluding steroid dienone is 3. The summed E-state index contributed by atoms with van der Waals surface area (Å²) in [6.07, 6.45) is 6.94. The summed E-state index contributed by atoms with van der Waals surface area (Å²) in [4.78, 5) is 17.3. The number of hydrogen-bond donors (Lipinski definition) is 2. The molecule has 1 unspecified atom stereocenters. The number of nitrogens with two attached hydrogens (primary N) is 1. The molecule has 1 aromatic rings. The number of piperazine rings is 1. The number of piperidine rings is 1. The highest BCUT2D eigenvalue weighted by atomic mass is 16.5. The number of rotatable bonds is 10. The van der Waals surface area contributed by atoms with Crippen molar-refractivity contribution in [2.75, 3.05) is 84.8 Å². The van der Waals surface area contributed by atoms with Gasteiger partial charge in [0.2, 0.25) is 0 Å². The second-order valence-corrected chi connectivity index (χ2v) is 12.8. The number of ether oxygens (including phenoxy) is 3. The third kappa shape index (κ3) is 6.99. The van der Waals surface area contributed by atoms with Gasteiger partial charge < -0.3 is 35.1 Å². The van der Waals surface area contributed by atoms with Gasteiger partial charge in [0.1, 0.15) is 18.2 Å². The Morgan fingerprint density at radius 1 is 1.04 bits per heavy atom. The Morgan fingerprint density at radius 3 is 2.51 bits per heavy atom. The highest BCUT2D eigenvalue weighted by Crippen LogP contribution is 2.42. The van der Waals surface area contributed by atoms with E-state index in [1.807, 2.05) is 6.20 Å². The molecule has 45 heavy (non-hydrogen) atoms. The third-order valence-electron chi connectivity index (χ3n) is 10.0. The molecule has 10 heteroatoms. The number of benzene rings is 1.